The Balaban J connectivity index is 2.18. The van der Waals surface area contributed by atoms with E-state index in [2.05, 4.69) is 20.3 Å². The van der Waals surface area contributed by atoms with Gasteiger partial charge in [0.15, 0.2) is 0 Å². The molecule has 20 heavy (non-hydrogen) atoms. The molecule has 0 unspecified atom stereocenters. The Bertz CT molecular complexity index is 626. The number of thioether (sulfide) groups is 1. The molecule has 0 aliphatic rings. The first-order chi connectivity index (χ1) is 9.61. The van der Waals surface area contributed by atoms with E-state index in [1.54, 1.807) is 12.1 Å². The molecule has 1 aromatic heterocycles. The average molecular weight is 293 g/mol. The Kier molecular flexibility index (Phi) is 4.31. The number of hydrogen-bond donors (Lipinski definition) is 0. The van der Waals surface area contributed by atoms with Crippen molar-refractivity contribution in [3.63, 3.8) is 0 Å². The van der Waals surface area contributed by atoms with Gasteiger partial charge < -0.3 is 14.6 Å². The van der Waals surface area contributed by atoms with E-state index in [0.29, 0.717) is 10.8 Å². The number of methoxy groups -OCH3 is 1. The highest BCUT2D eigenvalue weighted by atomic mass is 32.2. The van der Waals surface area contributed by atoms with Crippen LogP contribution >= 0.6 is 11.8 Å². The second-order valence-electron chi connectivity index (χ2n) is 3.57. The number of nitrogens with zero attached hydrogens (tertiary/aromatic N) is 4. The second kappa shape index (κ2) is 6.15. The van der Waals surface area contributed by atoms with Gasteiger partial charge in [0.05, 0.1) is 24.5 Å². The van der Waals surface area contributed by atoms with Crippen LogP contribution in [0.4, 0.5) is 0 Å². The number of hydrogen-bond acceptors (Lipinski definition) is 8. The predicted molar refractivity (Wildman–Crippen MR) is 66.2 cm³/mol. The lowest BCUT2D eigenvalue weighted by Gasteiger charge is -2.06. The first kappa shape index (κ1) is 14.0. The Labute approximate surface area is 117 Å². The fourth-order valence-electron chi connectivity index (χ4n) is 1.35. The van der Waals surface area contributed by atoms with Crippen molar-refractivity contribution in [2.75, 3.05) is 12.9 Å². The summed E-state index contributed by atoms with van der Waals surface area (Å²) < 4.78 is 5.92. The predicted octanol–water partition coefficient (Wildman–Crippen LogP) is -0.709. The van der Waals surface area contributed by atoms with Crippen LogP contribution in [0, 0.1) is 0 Å². The Morgan fingerprint density at radius 2 is 2.05 bits per heavy atom. The molecular formula is C11H9N4O4S-. The number of aromatic carboxylic acids is 1. The van der Waals surface area contributed by atoms with E-state index in [1.807, 2.05) is 0 Å². The quantitative estimate of drug-likeness (QED) is 0.525. The van der Waals surface area contributed by atoms with Gasteiger partial charge in [0.1, 0.15) is 0 Å². The van der Waals surface area contributed by atoms with Gasteiger partial charge in [-0.25, -0.2) is 0 Å². The van der Waals surface area contributed by atoms with E-state index < -0.39 is 11.9 Å². The van der Waals surface area contributed by atoms with Crippen LogP contribution < -0.4 is 5.11 Å². The van der Waals surface area contributed by atoms with E-state index in [-0.39, 0.29) is 11.3 Å². The minimum absolute atomic E-state index is 0.0607. The summed E-state index contributed by atoms with van der Waals surface area (Å²) in [5, 5.41) is 22.2. The third kappa shape index (κ3) is 3.12. The molecule has 1 heterocycles. The third-order valence-corrected chi connectivity index (χ3v) is 3.23. The van der Waals surface area contributed by atoms with E-state index in [9.17, 15) is 14.7 Å². The molecule has 0 N–H and O–H groups in total. The van der Waals surface area contributed by atoms with Crippen molar-refractivity contribution >= 4 is 23.7 Å². The monoisotopic (exact) mass is 293 g/mol. The van der Waals surface area contributed by atoms with E-state index in [1.165, 1.54) is 23.9 Å². The van der Waals surface area contributed by atoms with Gasteiger partial charge in [-0.15, -0.1) is 5.10 Å². The van der Waals surface area contributed by atoms with E-state index in [4.69, 9.17) is 0 Å². The highest BCUT2D eigenvalue weighted by Crippen LogP contribution is 2.18. The topological polar surface area (TPSA) is 110 Å². The smallest absolute Gasteiger partial charge is 0.316 e. The van der Waals surface area contributed by atoms with Crippen LogP contribution in [0.5, 0.6) is 0 Å². The zero-order valence-corrected chi connectivity index (χ0v) is 11.2. The summed E-state index contributed by atoms with van der Waals surface area (Å²) in [6.07, 6.45) is 0. The van der Waals surface area contributed by atoms with Crippen LogP contribution in [-0.4, -0.2) is 45.0 Å². The minimum atomic E-state index is -1.26. The molecule has 0 fully saturated rings. The summed E-state index contributed by atoms with van der Waals surface area (Å²) >= 11 is 1.12. The number of tetrazole rings is 1. The first-order valence-corrected chi connectivity index (χ1v) is 6.40. The zero-order chi connectivity index (χ0) is 14.5. The molecule has 104 valence electrons. The lowest BCUT2D eigenvalue weighted by Crippen LogP contribution is -2.22. The van der Waals surface area contributed by atoms with Gasteiger partial charge in [-0.1, -0.05) is 23.9 Å². The minimum Gasteiger partial charge on any atom is -0.545 e. The zero-order valence-electron chi connectivity index (χ0n) is 10.3. The van der Waals surface area contributed by atoms with Crippen molar-refractivity contribution in [3.8, 4) is 5.69 Å². The number of rotatable bonds is 5. The van der Waals surface area contributed by atoms with Crippen LogP contribution in [0.25, 0.3) is 5.69 Å². The molecule has 2 aromatic rings. The summed E-state index contributed by atoms with van der Waals surface area (Å²) in [7, 11) is 1.30. The molecule has 0 radical (unpaired) electrons. The molecule has 0 amide bonds. The van der Waals surface area contributed by atoms with Crippen molar-refractivity contribution < 1.29 is 19.4 Å². The van der Waals surface area contributed by atoms with E-state index >= 15 is 0 Å². The Hall–Kier alpha value is -2.42. The molecule has 9 heteroatoms. The lowest BCUT2D eigenvalue weighted by molar-refractivity contribution is -0.255. The summed E-state index contributed by atoms with van der Waals surface area (Å²) in [6.45, 7) is 0. The third-order valence-electron chi connectivity index (χ3n) is 2.34. The molecule has 0 aliphatic carbocycles. The molecule has 0 saturated carbocycles. The summed E-state index contributed by atoms with van der Waals surface area (Å²) in [4.78, 5) is 21.7. The standard InChI is InChI=1S/C11H10N4O4S/c1-19-9(16)6-20-11-12-13-14-15(11)8-4-2-7(3-5-8)10(17)18/h2-5H,6H2,1H3,(H,17,18)/p-1. The second-order valence-corrected chi connectivity index (χ2v) is 4.51. The molecule has 0 spiro atoms. The van der Waals surface area contributed by atoms with Crippen molar-refractivity contribution in [2.24, 2.45) is 0 Å². The maximum atomic E-state index is 11.1. The van der Waals surface area contributed by atoms with Gasteiger partial charge in [-0.3, -0.25) is 4.79 Å². The van der Waals surface area contributed by atoms with Crippen molar-refractivity contribution in [1.82, 2.24) is 20.2 Å². The summed E-state index contributed by atoms with van der Waals surface area (Å²) in [5.74, 6) is -1.57. The lowest BCUT2D eigenvalue weighted by atomic mass is 10.2. The van der Waals surface area contributed by atoms with Crippen molar-refractivity contribution in [2.45, 2.75) is 5.16 Å². The molecule has 1 aromatic carbocycles. The number of carbonyl (C=O) groups excluding carboxylic acids is 2. The maximum absolute atomic E-state index is 11.1. The van der Waals surface area contributed by atoms with Gasteiger partial charge in [-0.2, -0.15) is 4.68 Å². The number of benzene rings is 1. The van der Waals surface area contributed by atoms with Crippen LogP contribution in [0.2, 0.25) is 0 Å². The number of esters is 1. The highest BCUT2D eigenvalue weighted by molar-refractivity contribution is 7.99. The van der Waals surface area contributed by atoms with Gasteiger partial charge >= 0.3 is 5.97 Å². The first-order valence-electron chi connectivity index (χ1n) is 5.41. The number of aromatic nitrogens is 4. The van der Waals surface area contributed by atoms with Crippen LogP contribution in [0.15, 0.2) is 29.4 Å². The number of ether oxygens (including phenoxy) is 1. The molecule has 0 saturated heterocycles. The molecule has 8 nitrogen and oxygen atoms in total. The fraction of sp³-hybridized carbons (Fsp3) is 0.182. The molecule has 0 bridgehead atoms. The summed E-state index contributed by atoms with van der Waals surface area (Å²) in [6, 6.07) is 5.87. The van der Waals surface area contributed by atoms with Gasteiger partial charge in [0.25, 0.3) is 0 Å². The number of carboxylic acids is 1. The Morgan fingerprint density at radius 3 is 2.65 bits per heavy atom. The summed E-state index contributed by atoms with van der Waals surface area (Å²) in [5.41, 5.74) is 0.637. The molecular weight excluding hydrogens is 284 g/mol. The largest absolute Gasteiger partial charge is 0.545 e. The molecule has 0 aliphatic heterocycles. The Morgan fingerprint density at radius 1 is 1.35 bits per heavy atom. The van der Waals surface area contributed by atoms with Crippen molar-refractivity contribution in [1.29, 1.82) is 0 Å². The van der Waals surface area contributed by atoms with E-state index in [0.717, 1.165) is 11.8 Å². The van der Waals surface area contributed by atoms with Gasteiger partial charge in [0, 0.05) is 0 Å². The fourth-order valence-corrected chi connectivity index (χ4v) is 2.08. The van der Waals surface area contributed by atoms with Crippen LogP contribution in [0.3, 0.4) is 0 Å². The highest BCUT2D eigenvalue weighted by Gasteiger charge is 2.11. The van der Waals surface area contributed by atoms with Crippen LogP contribution in [0.1, 0.15) is 10.4 Å². The normalized spacial score (nSPS) is 10.2. The van der Waals surface area contributed by atoms with Crippen molar-refractivity contribution in [3.05, 3.63) is 29.8 Å². The molecule has 2 rings (SSSR count). The maximum Gasteiger partial charge on any atom is 0.316 e. The number of carboxylic acid groups (broad SMARTS) is 1. The van der Waals surface area contributed by atoms with Gasteiger partial charge in [0.2, 0.25) is 5.16 Å². The SMILES string of the molecule is COC(=O)CSc1nnnn1-c1ccc(C(=O)[O-])cc1. The van der Waals surface area contributed by atoms with Crippen LogP contribution in [-0.2, 0) is 9.53 Å². The average Bonchev–Trinajstić information content (AvgIpc) is 2.93. The number of carbonyl (C=O) groups is 2. The van der Waals surface area contributed by atoms with Gasteiger partial charge in [-0.05, 0) is 28.1 Å². The molecule has 0 atom stereocenters.